The lowest BCUT2D eigenvalue weighted by molar-refractivity contribution is -0.147. The summed E-state index contributed by atoms with van der Waals surface area (Å²) < 4.78 is 12.4. The molecule has 0 unspecified atom stereocenters. The highest BCUT2D eigenvalue weighted by molar-refractivity contribution is 6.55. The standard InChI is InChI=1S/C21H33NO4Si/c1-8-10-16-11-13-17(14-12-16)15-18(19(23)25-9-2)22(27(6)7)20(24)26-21(3,4)5/h8,11-14,18,27H,1,9-10,15H2,2-7H3/t18-/m0/s1. The van der Waals surface area contributed by atoms with Gasteiger partial charge in [0.15, 0.2) is 0 Å². The first kappa shape index (κ1) is 23.0. The highest BCUT2D eigenvalue weighted by Crippen LogP contribution is 2.18. The van der Waals surface area contributed by atoms with Crippen molar-refractivity contribution >= 4 is 21.0 Å². The van der Waals surface area contributed by atoms with Gasteiger partial charge in [0.25, 0.3) is 0 Å². The van der Waals surface area contributed by atoms with E-state index in [1.54, 1.807) is 11.5 Å². The van der Waals surface area contributed by atoms with Crippen molar-refractivity contribution in [2.45, 2.75) is 65.3 Å². The Morgan fingerprint density at radius 3 is 2.19 bits per heavy atom. The van der Waals surface area contributed by atoms with Gasteiger partial charge in [-0.15, -0.1) is 6.58 Å². The average molecular weight is 392 g/mol. The minimum Gasteiger partial charge on any atom is -0.464 e. The molecule has 0 aliphatic carbocycles. The van der Waals surface area contributed by atoms with Gasteiger partial charge in [-0.3, -0.25) is 0 Å². The topological polar surface area (TPSA) is 55.8 Å². The van der Waals surface area contributed by atoms with Gasteiger partial charge in [-0.25, -0.2) is 9.59 Å². The van der Waals surface area contributed by atoms with Crippen LogP contribution in [0.3, 0.4) is 0 Å². The normalized spacial score (nSPS) is 12.4. The van der Waals surface area contributed by atoms with Gasteiger partial charge in [-0.1, -0.05) is 43.4 Å². The summed E-state index contributed by atoms with van der Waals surface area (Å²) in [4.78, 5) is 25.5. The van der Waals surface area contributed by atoms with E-state index in [1.807, 2.05) is 64.2 Å². The van der Waals surface area contributed by atoms with Crippen molar-refractivity contribution in [2.24, 2.45) is 0 Å². The van der Waals surface area contributed by atoms with Gasteiger partial charge in [0.2, 0.25) is 0 Å². The summed E-state index contributed by atoms with van der Waals surface area (Å²) in [6.07, 6.45) is 2.60. The molecule has 0 radical (unpaired) electrons. The van der Waals surface area contributed by atoms with Gasteiger partial charge in [-0.05, 0) is 45.2 Å². The molecule has 0 aliphatic heterocycles. The Kier molecular flexibility index (Phi) is 8.76. The Balaban J connectivity index is 3.13. The van der Waals surface area contributed by atoms with E-state index in [0.29, 0.717) is 6.42 Å². The third kappa shape index (κ3) is 7.59. The zero-order valence-electron chi connectivity index (χ0n) is 17.5. The van der Waals surface area contributed by atoms with Crippen molar-refractivity contribution < 1.29 is 19.1 Å². The molecule has 0 aromatic heterocycles. The van der Waals surface area contributed by atoms with Crippen LogP contribution in [0.25, 0.3) is 0 Å². The van der Waals surface area contributed by atoms with Gasteiger partial charge < -0.3 is 14.0 Å². The molecule has 0 spiro atoms. The van der Waals surface area contributed by atoms with Crippen molar-refractivity contribution in [1.29, 1.82) is 0 Å². The molecule has 0 saturated carbocycles. The number of hydrogen-bond donors (Lipinski definition) is 0. The van der Waals surface area contributed by atoms with E-state index >= 15 is 0 Å². The Labute approximate surface area is 165 Å². The van der Waals surface area contributed by atoms with Crippen molar-refractivity contribution in [2.75, 3.05) is 6.61 Å². The number of esters is 1. The lowest BCUT2D eigenvalue weighted by Crippen LogP contribution is -2.54. The van der Waals surface area contributed by atoms with Crippen LogP contribution in [0.15, 0.2) is 36.9 Å². The minimum atomic E-state index is -1.69. The molecular weight excluding hydrogens is 358 g/mol. The van der Waals surface area contributed by atoms with Crippen LogP contribution in [0.2, 0.25) is 13.1 Å². The quantitative estimate of drug-likeness (QED) is 0.380. The van der Waals surface area contributed by atoms with Crippen LogP contribution in [0.1, 0.15) is 38.8 Å². The monoisotopic (exact) mass is 391 g/mol. The van der Waals surface area contributed by atoms with Crippen LogP contribution >= 0.6 is 0 Å². The molecule has 5 nitrogen and oxygen atoms in total. The molecule has 0 aliphatic rings. The highest BCUT2D eigenvalue weighted by atomic mass is 28.3. The van der Waals surface area contributed by atoms with Gasteiger partial charge in [-0.2, -0.15) is 0 Å². The van der Waals surface area contributed by atoms with E-state index in [4.69, 9.17) is 9.47 Å². The van der Waals surface area contributed by atoms with E-state index < -0.39 is 26.7 Å². The summed E-state index contributed by atoms with van der Waals surface area (Å²) in [5, 5.41) is 0. The molecule has 1 rings (SSSR count). The molecule has 27 heavy (non-hydrogen) atoms. The smallest absolute Gasteiger partial charge is 0.402 e. The molecule has 0 fully saturated rings. The molecule has 6 heteroatoms. The number of carbonyl (C=O) groups is 2. The fourth-order valence-electron chi connectivity index (χ4n) is 2.75. The molecule has 1 amide bonds. The van der Waals surface area contributed by atoms with Crippen molar-refractivity contribution in [3.05, 3.63) is 48.0 Å². The second-order valence-electron chi connectivity index (χ2n) is 7.76. The maximum atomic E-state index is 12.8. The molecular formula is C21H33NO4Si. The van der Waals surface area contributed by atoms with E-state index in [0.717, 1.165) is 17.5 Å². The SMILES string of the molecule is C=CCc1ccc(C[C@@H](C(=O)OCC)N(C(=O)OC(C)(C)C)[SiH](C)C)cc1. The van der Waals surface area contributed by atoms with E-state index in [9.17, 15) is 9.59 Å². The van der Waals surface area contributed by atoms with Gasteiger partial charge >= 0.3 is 12.1 Å². The summed E-state index contributed by atoms with van der Waals surface area (Å²) in [5.74, 6) is -0.389. The first-order valence-corrected chi connectivity index (χ1v) is 12.3. The molecule has 0 N–H and O–H groups in total. The zero-order valence-corrected chi connectivity index (χ0v) is 18.6. The van der Waals surface area contributed by atoms with Gasteiger partial charge in [0.1, 0.15) is 20.6 Å². The first-order chi connectivity index (χ1) is 12.6. The van der Waals surface area contributed by atoms with Crippen molar-refractivity contribution in [3.8, 4) is 0 Å². The summed E-state index contributed by atoms with van der Waals surface area (Å²) >= 11 is 0. The molecule has 0 bridgehead atoms. The summed E-state index contributed by atoms with van der Waals surface area (Å²) in [5.41, 5.74) is 1.51. The fourth-order valence-corrected chi connectivity index (χ4v) is 4.17. The Morgan fingerprint density at radius 1 is 1.19 bits per heavy atom. The summed E-state index contributed by atoms with van der Waals surface area (Å²) in [6.45, 7) is 15.3. The van der Waals surface area contributed by atoms with Crippen LogP contribution in [0, 0.1) is 0 Å². The number of amides is 1. The predicted molar refractivity (Wildman–Crippen MR) is 111 cm³/mol. The van der Waals surface area contributed by atoms with Crippen LogP contribution < -0.4 is 0 Å². The number of allylic oxidation sites excluding steroid dienone is 1. The first-order valence-electron chi connectivity index (χ1n) is 9.45. The lowest BCUT2D eigenvalue weighted by Gasteiger charge is -2.35. The maximum Gasteiger partial charge on any atom is 0.402 e. The number of nitrogens with zero attached hydrogens (tertiary/aromatic N) is 1. The zero-order chi connectivity index (χ0) is 20.6. The van der Waals surface area contributed by atoms with Crippen LogP contribution in [0.4, 0.5) is 4.79 Å². The summed E-state index contributed by atoms with van der Waals surface area (Å²) in [7, 11) is -1.69. The second kappa shape index (κ2) is 10.3. The molecule has 0 heterocycles. The molecule has 1 aromatic carbocycles. The lowest BCUT2D eigenvalue weighted by atomic mass is 10.0. The predicted octanol–water partition coefficient (Wildman–Crippen LogP) is 4.11. The fraction of sp³-hybridized carbons (Fsp3) is 0.524. The number of carbonyl (C=O) groups excluding carboxylic acids is 2. The third-order valence-electron chi connectivity index (χ3n) is 3.89. The third-order valence-corrected chi connectivity index (χ3v) is 5.57. The van der Waals surface area contributed by atoms with E-state index in [1.165, 1.54) is 0 Å². The Bertz CT molecular complexity index is 635. The van der Waals surface area contributed by atoms with Crippen molar-refractivity contribution in [3.63, 3.8) is 0 Å². The number of hydrogen-bond acceptors (Lipinski definition) is 4. The molecule has 1 atom stereocenters. The second-order valence-corrected chi connectivity index (χ2v) is 10.5. The van der Waals surface area contributed by atoms with Crippen LogP contribution in [0.5, 0.6) is 0 Å². The minimum absolute atomic E-state index is 0.273. The number of benzene rings is 1. The largest absolute Gasteiger partial charge is 0.464 e. The van der Waals surface area contributed by atoms with Crippen LogP contribution in [-0.2, 0) is 27.1 Å². The van der Waals surface area contributed by atoms with E-state index in [-0.39, 0.29) is 12.6 Å². The van der Waals surface area contributed by atoms with Crippen molar-refractivity contribution in [1.82, 2.24) is 4.57 Å². The Hall–Kier alpha value is -2.08. The van der Waals surface area contributed by atoms with Gasteiger partial charge in [0, 0.05) is 6.42 Å². The van der Waals surface area contributed by atoms with Gasteiger partial charge in [0.05, 0.1) is 6.61 Å². The van der Waals surface area contributed by atoms with E-state index in [2.05, 4.69) is 6.58 Å². The molecule has 0 saturated heterocycles. The molecule has 150 valence electrons. The Morgan fingerprint density at radius 2 is 1.74 bits per heavy atom. The maximum absolute atomic E-state index is 12.8. The molecule has 1 aromatic rings. The average Bonchev–Trinajstić information content (AvgIpc) is 2.54. The number of ether oxygens (including phenoxy) is 2. The highest BCUT2D eigenvalue weighted by Gasteiger charge is 2.35. The number of rotatable bonds is 8. The summed E-state index contributed by atoms with van der Waals surface area (Å²) in [6, 6.07) is 7.32. The van der Waals surface area contributed by atoms with Crippen LogP contribution in [-0.4, -0.2) is 43.8 Å².